The van der Waals surface area contributed by atoms with Crippen LogP contribution in [-0.4, -0.2) is 37.6 Å². The second kappa shape index (κ2) is 4.91. The lowest BCUT2D eigenvalue weighted by Crippen LogP contribution is -2.53. The predicted octanol–water partition coefficient (Wildman–Crippen LogP) is 0.729. The predicted molar refractivity (Wildman–Crippen MR) is 62.6 cm³/mol. The SMILES string of the molecule is CN1CCNC(C(N)c2cccc(F)c2)C1. The number of nitrogens with one attached hydrogen (secondary N) is 1. The van der Waals surface area contributed by atoms with Crippen LogP contribution in [-0.2, 0) is 0 Å². The molecule has 1 aromatic rings. The quantitative estimate of drug-likeness (QED) is 0.776. The fourth-order valence-electron chi connectivity index (χ4n) is 2.12. The summed E-state index contributed by atoms with van der Waals surface area (Å²) in [5.41, 5.74) is 7.00. The van der Waals surface area contributed by atoms with Crippen molar-refractivity contribution in [3.05, 3.63) is 35.6 Å². The molecule has 3 N–H and O–H groups in total. The third-order valence-electron chi connectivity index (χ3n) is 3.08. The van der Waals surface area contributed by atoms with Crippen molar-refractivity contribution in [1.29, 1.82) is 0 Å². The van der Waals surface area contributed by atoms with E-state index in [1.165, 1.54) is 12.1 Å². The Morgan fingerprint density at radius 1 is 1.56 bits per heavy atom. The first-order valence-electron chi connectivity index (χ1n) is 5.60. The molecule has 0 aliphatic carbocycles. The number of piperazine rings is 1. The van der Waals surface area contributed by atoms with Gasteiger partial charge in [-0.05, 0) is 24.7 Å². The molecule has 1 fully saturated rings. The van der Waals surface area contributed by atoms with Gasteiger partial charge >= 0.3 is 0 Å². The van der Waals surface area contributed by atoms with Gasteiger partial charge < -0.3 is 16.0 Å². The first-order chi connectivity index (χ1) is 7.66. The van der Waals surface area contributed by atoms with Crippen molar-refractivity contribution in [3.8, 4) is 0 Å². The van der Waals surface area contributed by atoms with E-state index in [0.29, 0.717) is 0 Å². The normalized spacial score (nSPS) is 24.3. The second-order valence-electron chi connectivity index (χ2n) is 4.40. The molecule has 0 bridgehead atoms. The van der Waals surface area contributed by atoms with Crippen molar-refractivity contribution in [1.82, 2.24) is 10.2 Å². The van der Waals surface area contributed by atoms with Gasteiger partial charge in [-0.1, -0.05) is 12.1 Å². The van der Waals surface area contributed by atoms with E-state index in [2.05, 4.69) is 17.3 Å². The molecule has 1 saturated heterocycles. The maximum Gasteiger partial charge on any atom is 0.123 e. The van der Waals surface area contributed by atoms with E-state index in [0.717, 1.165) is 25.2 Å². The number of hydrogen-bond acceptors (Lipinski definition) is 3. The lowest BCUT2D eigenvalue weighted by Gasteiger charge is -2.34. The minimum atomic E-state index is -0.225. The Kier molecular flexibility index (Phi) is 3.53. The molecular weight excluding hydrogens is 205 g/mol. The summed E-state index contributed by atoms with van der Waals surface area (Å²) < 4.78 is 13.1. The van der Waals surface area contributed by atoms with Crippen LogP contribution in [0.1, 0.15) is 11.6 Å². The van der Waals surface area contributed by atoms with E-state index in [1.807, 2.05) is 6.07 Å². The van der Waals surface area contributed by atoms with Crippen molar-refractivity contribution < 1.29 is 4.39 Å². The van der Waals surface area contributed by atoms with Gasteiger partial charge in [-0.3, -0.25) is 0 Å². The van der Waals surface area contributed by atoms with Gasteiger partial charge in [0.05, 0.1) is 0 Å². The molecule has 1 aliphatic rings. The summed E-state index contributed by atoms with van der Waals surface area (Å²) >= 11 is 0. The molecule has 1 heterocycles. The van der Waals surface area contributed by atoms with Crippen LogP contribution in [0.3, 0.4) is 0 Å². The smallest absolute Gasteiger partial charge is 0.123 e. The van der Waals surface area contributed by atoms with Gasteiger partial charge in [0, 0.05) is 31.7 Å². The van der Waals surface area contributed by atoms with Crippen molar-refractivity contribution in [3.63, 3.8) is 0 Å². The summed E-state index contributed by atoms with van der Waals surface area (Å²) in [6, 6.07) is 6.58. The van der Waals surface area contributed by atoms with Crippen molar-refractivity contribution in [2.45, 2.75) is 12.1 Å². The second-order valence-corrected chi connectivity index (χ2v) is 4.40. The summed E-state index contributed by atoms with van der Waals surface area (Å²) in [5.74, 6) is -0.225. The fourth-order valence-corrected chi connectivity index (χ4v) is 2.12. The molecule has 1 aliphatic heterocycles. The highest BCUT2D eigenvalue weighted by Gasteiger charge is 2.23. The molecule has 2 rings (SSSR count). The van der Waals surface area contributed by atoms with Crippen molar-refractivity contribution in [2.75, 3.05) is 26.7 Å². The van der Waals surface area contributed by atoms with Crippen LogP contribution in [0.2, 0.25) is 0 Å². The molecule has 3 nitrogen and oxygen atoms in total. The molecule has 0 spiro atoms. The van der Waals surface area contributed by atoms with Crippen molar-refractivity contribution >= 4 is 0 Å². The Hall–Kier alpha value is -0.970. The van der Waals surface area contributed by atoms with Gasteiger partial charge in [0.25, 0.3) is 0 Å². The highest BCUT2D eigenvalue weighted by Crippen LogP contribution is 2.17. The summed E-state index contributed by atoms with van der Waals surface area (Å²) in [6.45, 7) is 2.87. The van der Waals surface area contributed by atoms with Crippen molar-refractivity contribution in [2.24, 2.45) is 5.73 Å². The lowest BCUT2D eigenvalue weighted by molar-refractivity contribution is 0.220. The Balaban J connectivity index is 2.09. The van der Waals surface area contributed by atoms with Gasteiger partial charge in [-0.2, -0.15) is 0 Å². The maximum atomic E-state index is 13.1. The summed E-state index contributed by atoms with van der Waals surface area (Å²) in [4.78, 5) is 2.24. The molecule has 16 heavy (non-hydrogen) atoms. The number of benzene rings is 1. The molecule has 2 unspecified atom stereocenters. The number of nitrogens with zero attached hydrogens (tertiary/aromatic N) is 1. The highest BCUT2D eigenvalue weighted by molar-refractivity contribution is 5.21. The summed E-state index contributed by atoms with van der Waals surface area (Å²) in [7, 11) is 2.08. The summed E-state index contributed by atoms with van der Waals surface area (Å²) in [6.07, 6.45) is 0. The molecule has 0 saturated carbocycles. The number of nitrogens with two attached hydrogens (primary N) is 1. The van der Waals surface area contributed by atoms with Crippen LogP contribution in [0.5, 0.6) is 0 Å². The molecule has 0 radical (unpaired) electrons. The molecule has 0 amide bonds. The average Bonchev–Trinajstić information content (AvgIpc) is 2.28. The Bertz CT molecular complexity index is 356. The number of rotatable bonds is 2. The van der Waals surface area contributed by atoms with Gasteiger partial charge in [-0.25, -0.2) is 4.39 Å². The molecule has 1 aromatic carbocycles. The number of hydrogen-bond donors (Lipinski definition) is 2. The van der Waals surface area contributed by atoms with E-state index in [1.54, 1.807) is 6.07 Å². The monoisotopic (exact) mass is 223 g/mol. The van der Waals surface area contributed by atoms with Crippen LogP contribution in [0.4, 0.5) is 4.39 Å². The Morgan fingerprint density at radius 3 is 3.06 bits per heavy atom. The zero-order valence-electron chi connectivity index (χ0n) is 9.49. The van der Waals surface area contributed by atoms with E-state index < -0.39 is 0 Å². The summed E-state index contributed by atoms with van der Waals surface area (Å²) in [5, 5.41) is 3.38. The topological polar surface area (TPSA) is 41.3 Å². The largest absolute Gasteiger partial charge is 0.323 e. The van der Waals surface area contributed by atoms with E-state index in [-0.39, 0.29) is 17.9 Å². The van der Waals surface area contributed by atoms with Crippen LogP contribution in [0.25, 0.3) is 0 Å². The molecule has 4 heteroatoms. The van der Waals surface area contributed by atoms with E-state index in [4.69, 9.17) is 5.73 Å². The third kappa shape index (κ3) is 2.58. The highest BCUT2D eigenvalue weighted by atomic mass is 19.1. The van der Waals surface area contributed by atoms with E-state index >= 15 is 0 Å². The third-order valence-corrected chi connectivity index (χ3v) is 3.08. The zero-order valence-corrected chi connectivity index (χ0v) is 9.49. The Labute approximate surface area is 95.4 Å². The maximum absolute atomic E-state index is 13.1. The average molecular weight is 223 g/mol. The lowest BCUT2D eigenvalue weighted by atomic mass is 9.98. The first-order valence-corrected chi connectivity index (χ1v) is 5.60. The molecule has 2 atom stereocenters. The van der Waals surface area contributed by atoms with Crippen LogP contribution >= 0.6 is 0 Å². The zero-order chi connectivity index (χ0) is 11.5. The molecule has 88 valence electrons. The van der Waals surface area contributed by atoms with Gasteiger partial charge in [-0.15, -0.1) is 0 Å². The van der Waals surface area contributed by atoms with Crippen LogP contribution in [0.15, 0.2) is 24.3 Å². The number of likely N-dealkylation sites (N-methyl/N-ethyl adjacent to an activating group) is 1. The van der Waals surface area contributed by atoms with Crippen LogP contribution < -0.4 is 11.1 Å². The number of halogens is 1. The first kappa shape index (κ1) is 11.5. The standard InChI is InChI=1S/C12H18FN3/c1-16-6-5-15-11(8-16)12(14)9-3-2-4-10(13)7-9/h2-4,7,11-12,15H,5-6,8,14H2,1H3. The minimum Gasteiger partial charge on any atom is -0.323 e. The van der Waals surface area contributed by atoms with Gasteiger partial charge in [0.2, 0.25) is 0 Å². The minimum absolute atomic E-state index is 0.154. The van der Waals surface area contributed by atoms with Gasteiger partial charge in [0.1, 0.15) is 5.82 Å². The molecular formula is C12H18FN3. The molecule has 0 aromatic heterocycles. The van der Waals surface area contributed by atoms with E-state index in [9.17, 15) is 4.39 Å². The fraction of sp³-hybridized carbons (Fsp3) is 0.500. The Morgan fingerprint density at radius 2 is 2.38 bits per heavy atom. The van der Waals surface area contributed by atoms with Crippen LogP contribution in [0, 0.1) is 5.82 Å². The van der Waals surface area contributed by atoms with Gasteiger partial charge in [0.15, 0.2) is 0 Å².